The molecule has 0 aliphatic heterocycles. The van der Waals surface area contributed by atoms with Crippen molar-refractivity contribution in [3.05, 3.63) is 35.4 Å². The fourth-order valence-corrected chi connectivity index (χ4v) is 0.856. The van der Waals surface area contributed by atoms with Crippen molar-refractivity contribution in [3.8, 4) is 0 Å². The molecule has 0 atom stereocenters. The van der Waals surface area contributed by atoms with Crippen LogP contribution in [-0.2, 0) is 11.9 Å². The van der Waals surface area contributed by atoms with Crippen molar-refractivity contribution in [3.63, 3.8) is 0 Å². The van der Waals surface area contributed by atoms with Gasteiger partial charge in [-0.25, -0.2) is 9.59 Å². The molecule has 1 aromatic rings. The van der Waals surface area contributed by atoms with Gasteiger partial charge in [-0.3, -0.25) is 0 Å². The van der Waals surface area contributed by atoms with Gasteiger partial charge in [0.05, 0.1) is 11.1 Å². The van der Waals surface area contributed by atoms with E-state index in [1.165, 1.54) is 24.3 Å². The number of carboxylic acid groups (broad SMARTS) is 2. The molecule has 0 saturated carbocycles. The molecule has 4 nitrogen and oxygen atoms in total. The maximum absolute atomic E-state index is 10.5. The predicted molar refractivity (Wildman–Crippen MR) is 63.8 cm³/mol. The summed E-state index contributed by atoms with van der Waals surface area (Å²) < 4.78 is 0. The van der Waals surface area contributed by atoms with Crippen LogP contribution >= 0.6 is 37.7 Å². The summed E-state index contributed by atoms with van der Waals surface area (Å²) in [6.07, 6.45) is 0. The summed E-state index contributed by atoms with van der Waals surface area (Å²) >= 11 is -3.28. The standard InChI is InChI=1S/C8H6O4.4ClH.W/c9-7(10)5-3-1-2-4-6(5)8(11)12;;;;;/h1-4H,(H,9,10)(H,11,12);4*1H;/q;;;;;+4/p-4. The molecule has 1 aromatic carbocycles. The zero-order valence-electron chi connectivity index (χ0n) is 7.94. The van der Waals surface area contributed by atoms with Crippen LogP contribution in [0.1, 0.15) is 20.7 Å². The molecule has 0 aliphatic rings. The number of carbonyl (C=O) groups is 2. The van der Waals surface area contributed by atoms with E-state index < -0.39 is 23.8 Å². The second-order valence-corrected chi connectivity index (χ2v) is 27.9. The van der Waals surface area contributed by atoms with Crippen LogP contribution in [0, 0.1) is 0 Å². The van der Waals surface area contributed by atoms with Gasteiger partial charge >= 0.3 is 61.5 Å². The van der Waals surface area contributed by atoms with Gasteiger partial charge in [-0.15, -0.1) is 0 Å². The summed E-state index contributed by atoms with van der Waals surface area (Å²) in [6.45, 7) is 0. The van der Waals surface area contributed by atoms with Crippen LogP contribution in [0.2, 0.25) is 0 Å². The fraction of sp³-hybridized carbons (Fsp3) is 0. The number of benzene rings is 1. The fourth-order valence-electron chi connectivity index (χ4n) is 0.856. The van der Waals surface area contributed by atoms with E-state index in [1.54, 1.807) is 0 Å². The molecule has 0 spiro atoms. The molecular weight excluding hydrogens is 486 g/mol. The molecule has 0 aromatic heterocycles. The van der Waals surface area contributed by atoms with Crippen molar-refractivity contribution in [2.45, 2.75) is 0 Å². The maximum atomic E-state index is 10.5. The van der Waals surface area contributed by atoms with Crippen LogP contribution in [0.25, 0.3) is 0 Å². The van der Waals surface area contributed by atoms with Gasteiger partial charge in [-0.1, -0.05) is 12.1 Å². The van der Waals surface area contributed by atoms with E-state index in [2.05, 4.69) is 0 Å². The van der Waals surface area contributed by atoms with Gasteiger partial charge in [-0.05, 0) is 12.1 Å². The van der Waals surface area contributed by atoms with E-state index in [4.69, 9.17) is 47.9 Å². The summed E-state index contributed by atoms with van der Waals surface area (Å²) in [5.74, 6) is -2.46. The quantitative estimate of drug-likeness (QED) is 0.659. The second kappa shape index (κ2) is 7.44. The number of halogens is 4. The molecule has 17 heavy (non-hydrogen) atoms. The van der Waals surface area contributed by atoms with Gasteiger partial charge in [-0.2, -0.15) is 0 Å². The Hall–Kier alpha value is 0.00831. The van der Waals surface area contributed by atoms with Crippen molar-refractivity contribution < 1.29 is 31.7 Å². The first kappa shape index (κ1) is 17.0. The minimum absolute atomic E-state index is 0.190. The molecule has 2 N–H and O–H groups in total. The van der Waals surface area contributed by atoms with Crippen LogP contribution < -0.4 is 0 Å². The molecule has 0 aliphatic carbocycles. The molecule has 0 radical (unpaired) electrons. The SMILES string of the molecule is O=C(O)c1ccccc1C(=O)O.[Cl][W]([Cl])([Cl])[Cl]. The van der Waals surface area contributed by atoms with E-state index in [0.717, 1.165) is 0 Å². The molecular formula is C8H6Cl4O4W. The first-order chi connectivity index (χ1) is 7.63. The Balaban J connectivity index is 0.000000437. The summed E-state index contributed by atoms with van der Waals surface area (Å²) in [6, 6.07) is 5.48. The Morgan fingerprint density at radius 1 is 0.882 bits per heavy atom. The Morgan fingerprint density at radius 2 is 1.12 bits per heavy atom. The van der Waals surface area contributed by atoms with Gasteiger partial charge in [0.15, 0.2) is 0 Å². The first-order valence-electron chi connectivity index (χ1n) is 3.80. The molecule has 96 valence electrons. The third-order valence-electron chi connectivity index (χ3n) is 1.39. The summed E-state index contributed by atoms with van der Waals surface area (Å²) in [7, 11) is 20.1. The number of hydrogen-bond donors (Lipinski definition) is 2. The molecule has 0 amide bonds. The van der Waals surface area contributed by atoms with Gasteiger partial charge in [0, 0.05) is 0 Å². The van der Waals surface area contributed by atoms with Crippen LogP contribution in [0.4, 0.5) is 0 Å². The molecule has 0 bridgehead atoms. The van der Waals surface area contributed by atoms with Crippen LogP contribution in [0.5, 0.6) is 0 Å². The third-order valence-corrected chi connectivity index (χ3v) is 1.39. The van der Waals surface area contributed by atoms with Gasteiger partial charge in [0.2, 0.25) is 0 Å². The summed E-state index contributed by atoms with van der Waals surface area (Å²) in [5, 5.41) is 17.1. The molecule has 0 saturated heterocycles. The number of rotatable bonds is 2. The Kier molecular flexibility index (Phi) is 7.45. The second-order valence-electron chi connectivity index (χ2n) is 2.51. The topological polar surface area (TPSA) is 74.6 Å². The van der Waals surface area contributed by atoms with E-state index in [9.17, 15) is 9.59 Å². The zero-order chi connectivity index (χ0) is 13.6. The van der Waals surface area contributed by atoms with Crippen molar-refractivity contribution >= 4 is 49.6 Å². The van der Waals surface area contributed by atoms with Crippen LogP contribution in [0.3, 0.4) is 0 Å². The van der Waals surface area contributed by atoms with E-state index in [-0.39, 0.29) is 11.1 Å². The Labute approximate surface area is 116 Å². The molecule has 0 unspecified atom stereocenters. The van der Waals surface area contributed by atoms with E-state index >= 15 is 0 Å². The van der Waals surface area contributed by atoms with E-state index in [0.29, 0.717) is 0 Å². The summed E-state index contributed by atoms with van der Waals surface area (Å²) in [5.41, 5.74) is -0.380. The van der Waals surface area contributed by atoms with Crippen molar-refractivity contribution in [2.75, 3.05) is 0 Å². The van der Waals surface area contributed by atoms with Gasteiger partial charge < -0.3 is 10.2 Å². The van der Waals surface area contributed by atoms with Crippen molar-refractivity contribution in [2.24, 2.45) is 0 Å². The predicted octanol–water partition coefficient (Wildman–Crippen LogP) is 3.84. The molecule has 1 rings (SSSR count). The number of aromatic carboxylic acids is 2. The molecule has 0 fully saturated rings. The normalized spacial score (nSPS) is 11.1. The van der Waals surface area contributed by atoms with E-state index in [1.807, 2.05) is 0 Å². The number of carboxylic acids is 2. The number of hydrogen-bond acceptors (Lipinski definition) is 2. The molecule has 9 heteroatoms. The van der Waals surface area contributed by atoms with Crippen molar-refractivity contribution in [1.29, 1.82) is 0 Å². The Morgan fingerprint density at radius 3 is 1.29 bits per heavy atom. The van der Waals surface area contributed by atoms with Crippen molar-refractivity contribution in [1.82, 2.24) is 0 Å². The zero-order valence-corrected chi connectivity index (χ0v) is 13.9. The van der Waals surface area contributed by atoms with Gasteiger partial charge in [0.25, 0.3) is 0 Å². The van der Waals surface area contributed by atoms with Crippen LogP contribution in [-0.4, -0.2) is 22.2 Å². The first-order valence-corrected chi connectivity index (χ1v) is 18.3. The van der Waals surface area contributed by atoms with Gasteiger partial charge in [0.1, 0.15) is 0 Å². The molecule has 0 heterocycles. The average molecular weight is 492 g/mol. The monoisotopic (exact) mass is 490 g/mol. The Bertz CT molecular complexity index is 379. The summed E-state index contributed by atoms with van der Waals surface area (Å²) in [4.78, 5) is 20.9. The average Bonchev–Trinajstić information content (AvgIpc) is 2.15. The minimum atomic E-state index is -3.28. The van der Waals surface area contributed by atoms with Crippen LogP contribution in [0.15, 0.2) is 24.3 Å². The third kappa shape index (κ3) is 8.69.